The van der Waals surface area contributed by atoms with Gasteiger partial charge in [0.15, 0.2) is 0 Å². The normalized spacial score (nSPS) is 11.1. The van der Waals surface area contributed by atoms with Crippen molar-refractivity contribution in [1.82, 2.24) is 0 Å². The Bertz CT molecular complexity index is 727. The lowest BCUT2D eigenvalue weighted by Crippen LogP contribution is -1.93. The van der Waals surface area contributed by atoms with Gasteiger partial charge in [0.2, 0.25) is 0 Å². The Morgan fingerprint density at radius 1 is 0.562 bits per heavy atom. The number of anilines is 2. The molecule has 4 nitrogen and oxygen atoms in total. The Labute approximate surface area is 209 Å². The van der Waals surface area contributed by atoms with Gasteiger partial charge in [-0.3, -0.25) is 0 Å². The zero-order valence-corrected chi connectivity index (χ0v) is 21.9. The van der Waals surface area contributed by atoms with E-state index in [1.165, 1.54) is 58.5 Å². The number of aromatic hydroxyl groups is 2. The van der Waals surface area contributed by atoms with E-state index in [9.17, 15) is 10.2 Å². The van der Waals surface area contributed by atoms with Gasteiger partial charge in [0.1, 0.15) is 11.5 Å². The molecule has 2 rings (SSSR count). The molecule has 0 aromatic heterocycles. The molecule has 0 bridgehead atoms. The lowest BCUT2D eigenvalue weighted by molar-refractivity contribution is 0.477. The molecule has 0 aliphatic rings. The zero-order chi connectivity index (χ0) is 23.0. The molecule has 0 fully saturated rings. The minimum atomic E-state index is 0.172. The summed E-state index contributed by atoms with van der Waals surface area (Å²) in [5.41, 5.74) is 14.8. The number of hydrogen-bond donors (Lipinski definition) is 4. The van der Waals surface area contributed by atoms with Crippen molar-refractivity contribution in [2.24, 2.45) is 0 Å². The number of benzene rings is 2. The van der Waals surface area contributed by atoms with Crippen LogP contribution in [0, 0.1) is 0 Å². The SMILES string of the molecule is Nc1cc(CCCSCCCSSCCCSCCCc2ccc(O)c(N)c2)ccc1O. The highest BCUT2D eigenvalue weighted by atomic mass is 33.1. The summed E-state index contributed by atoms with van der Waals surface area (Å²) in [6, 6.07) is 11.0. The molecule has 2 aromatic rings. The average molecular weight is 513 g/mol. The van der Waals surface area contributed by atoms with Crippen LogP contribution in [0.2, 0.25) is 0 Å². The van der Waals surface area contributed by atoms with E-state index in [0.717, 1.165) is 25.7 Å². The van der Waals surface area contributed by atoms with E-state index in [2.05, 4.69) is 0 Å². The maximum Gasteiger partial charge on any atom is 0.138 e. The van der Waals surface area contributed by atoms with E-state index in [0.29, 0.717) is 11.4 Å². The van der Waals surface area contributed by atoms with Gasteiger partial charge in [-0.05, 0) is 96.9 Å². The third kappa shape index (κ3) is 11.8. The molecule has 0 atom stereocenters. The summed E-state index contributed by atoms with van der Waals surface area (Å²) in [5.74, 6) is 7.62. The second kappa shape index (κ2) is 16.6. The molecule has 0 aliphatic carbocycles. The summed E-state index contributed by atoms with van der Waals surface area (Å²) in [5, 5.41) is 18.9. The van der Waals surface area contributed by atoms with Crippen LogP contribution < -0.4 is 11.5 Å². The minimum absolute atomic E-state index is 0.172. The summed E-state index contributed by atoms with van der Waals surface area (Å²) in [6.07, 6.45) is 6.88. The quantitative estimate of drug-likeness (QED) is 0.0831. The number of rotatable bonds is 17. The van der Waals surface area contributed by atoms with Crippen LogP contribution in [0.4, 0.5) is 11.4 Å². The van der Waals surface area contributed by atoms with Crippen molar-refractivity contribution in [3.05, 3.63) is 47.5 Å². The molecule has 0 amide bonds. The van der Waals surface area contributed by atoms with Crippen molar-refractivity contribution in [3.63, 3.8) is 0 Å². The van der Waals surface area contributed by atoms with Crippen molar-refractivity contribution in [1.29, 1.82) is 0 Å². The van der Waals surface area contributed by atoms with Gasteiger partial charge in [-0.1, -0.05) is 33.7 Å². The minimum Gasteiger partial charge on any atom is -0.506 e. The molecule has 32 heavy (non-hydrogen) atoms. The number of thioether (sulfide) groups is 2. The highest BCUT2D eigenvalue weighted by molar-refractivity contribution is 8.76. The van der Waals surface area contributed by atoms with E-state index in [1.807, 2.05) is 69.4 Å². The summed E-state index contributed by atoms with van der Waals surface area (Å²) in [7, 11) is 4.02. The second-order valence-corrected chi connectivity index (χ2v) is 12.7. The fourth-order valence-electron chi connectivity index (χ4n) is 3.04. The predicted octanol–water partition coefficient (Wildman–Crippen LogP) is 6.46. The van der Waals surface area contributed by atoms with Gasteiger partial charge in [-0.15, -0.1) is 0 Å². The second-order valence-electron chi connectivity index (χ2n) is 7.57. The lowest BCUT2D eigenvalue weighted by atomic mass is 10.1. The van der Waals surface area contributed by atoms with Crippen molar-refractivity contribution in [2.45, 2.75) is 38.5 Å². The Morgan fingerprint density at radius 3 is 1.38 bits per heavy atom. The topological polar surface area (TPSA) is 92.5 Å². The average Bonchev–Trinajstić information content (AvgIpc) is 2.78. The highest BCUT2D eigenvalue weighted by Gasteiger charge is 2.01. The predicted molar refractivity (Wildman–Crippen MR) is 150 cm³/mol. The van der Waals surface area contributed by atoms with Gasteiger partial charge in [0.25, 0.3) is 0 Å². The van der Waals surface area contributed by atoms with Gasteiger partial charge < -0.3 is 21.7 Å². The Kier molecular flexibility index (Phi) is 14.2. The molecular weight excluding hydrogens is 477 g/mol. The smallest absolute Gasteiger partial charge is 0.138 e. The first kappa shape index (κ1) is 27.3. The number of phenolic OH excluding ortho intramolecular Hbond substituents is 2. The fourth-order valence-corrected chi connectivity index (χ4v) is 7.38. The molecule has 8 heteroatoms. The summed E-state index contributed by atoms with van der Waals surface area (Å²) in [4.78, 5) is 0. The van der Waals surface area contributed by atoms with Crippen molar-refractivity contribution in [2.75, 3.05) is 46.0 Å². The van der Waals surface area contributed by atoms with Crippen molar-refractivity contribution < 1.29 is 10.2 Å². The van der Waals surface area contributed by atoms with Crippen LogP contribution in [-0.2, 0) is 12.8 Å². The maximum absolute atomic E-state index is 9.45. The van der Waals surface area contributed by atoms with Gasteiger partial charge in [0.05, 0.1) is 11.4 Å². The maximum atomic E-state index is 9.45. The summed E-state index contributed by atoms with van der Waals surface area (Å²) >= 11 is 4.07. The number of phenols is 2. The Morgan fingerprint density at radius 2 is 0.969 bits per heavy atom. The number of nitrogens with two attached hydrogens (primary N) is 2. The number of aryl methyl sites for hydroxylation is 2. The van der Waals surface area contributed by atoms with Crippen molar-refractivity contribution in [3.8, 4) is 11.5 Å². The molecule has 0 heterocycles. The van der Waals surface area contributed by atoms with Crippen LogP contribution in [0.25, 0.3) is 0 Å². The molecule has 178 valence electrons. The Balaban J connectivity index is 1.31. The molecule has 0 unspecified atom stereocenters. The molecule has 2 aromatic carbocycles. The van der Waals surface area contributed by atoms with E-state index < -0.39 is 0 Å². The Hall–Kier alpha value is -0.960. The number of nitrogen functional groups attached to an aromatic ring is 2. The van der Waals surface area contributed by atoms with Crippen molar-refractivity contribution >= 4 is 56.5 Å². The third-order valence-corrected chi connectivity index (χ3v) is 9.69. The standard InChI is InChI=1S/C24H36N2O2S4/c25-21-17-19(7-9-23(21)27)5-1-11-29-13-3-15-31-32-16-4-14-30-12-2-6-20-8-10-24(28)22(26)18-20/h7-10,17-18,27-28H,1-6,11-16,25-26H2. The molecule has 6 N–H and O–H groups in total. The highest BCUT2D eigenvalue weighted by Crippen LogP contribution is 2.25. The van der Waals surface area contributed by atoms with Crippen LogP contribution >= 0.6 is 45.1 Å². The lowest BCUT2D eigenvalue weighted by Gasteiger charge is -2.05. The van der Waals surface area contributed by atoms with E-state index in [4.69, 9.17) is 11.5 Å². The molecular formula is C24H36N2O2S4. The van der Waals surface area contributed by atoms with Gasteiger partial charge in [-0.2, -0.15) is 23.5 Å². The van der Waals surface area contributed by atoms with Gasteiger partial charge >= 0.3 is 0 Å². The zero-order valence-electron chi connectivity index (χ0n) is 18.6. The molecule has 0 radical (unpaired) electrons. The summed E-state index contributed by atoms with van der Waals surface area (Å²) in [6.45, 7) is 0. The van der Waals surface area contributed by atoms with Crippen LogP contribution in [0.3, 0.4) is 0 Å². The first-order valence-corrected chi connectivity index (χ1v) is 15.9. The third-order valence-electron chi connectivity index (χ3n) is 4.81. The summed E-state index contributed by atoms with van der Waals surface area (Å²) < 4.78 is 0. The monoisotopic (exact) mass is 512 g/mol. The molecule has 0 saturated heterocycles. The van der Waals surface area contributed by atoms with Gasteiger partial charge in [0, 0.05) is 11.5 Å². The van der Waals surface area contributed by atoms with E-state index >= 15 is 0 Å². The van der Waals surface area contributed by atoms with Gasteiger partial charge in [-0.25, -0.2) is 0 Å². The molecule has 0 aliphatic heterocycles. The number of hydrogen-bond acceptors (Lipinski definition) is 8. The van der Waals surface area contributed by atoms with Crippen LogP contribution in [0.1, 0.15) is 36.8 Å². The van der Waals surface area contributed by atoms with Crippen LogP contribution in [-0.4, -0.2) is 44.7 Å². The largest absolute Gasteiger partial charge is 0.506 e. The van der Waals surface area contributed by atoms with Crippen LogP contribution in [0.5, 0.6) is 11.5 Å². The molecule has 0 spiro atoms. The fraction of sp³-hybridized carbons (Fsp3) is 0.500. The van der Waals surface area contributed by atoms with Crippen LogP contribution in [0.15, 0.2) is 36.4 Å². The van der Waals surface area contributed by atoms with E-state index in [-0.39, 0.29) is 11.5 Å². The van der Waals surface area contributed by atoms with E-state index in [1.54, 1.807) is 12.1 Å². The first-order valence-electron chi connectivity index (χ1n) is 11.1. The first-order chi connectivity index (χ1) is 15.6. The molecule has 0 saturated carbocycles.